The zero-order valence-electron chi connectivity index (χ0n) is 7.35. The zero-order chi connectivity index (χ0) is 9.26. The van der Waals surface area contributed by atoms with Gasteiger partial charge in [0.15, 0.2) is 0 Å². The van der Waals surface area contributed by atoms with E-state index in [1.54, 1.807) is 18.5 Å². The zero-order valence-corrected chi connectivity index (χ0v) is 7.35. The summed E-state index contributed by atoms with van der Waals surface area (Å²) in [5.74, 6) is 0.491. The Morgan fingerprint density at radius 1 is 1.38 bits per heavy atom. The van der Waals surface area contributed by atoms with Crippen LogP contribution >= 0.6 is 0 Å². The lowest BCUT2D eigenvalue weighted by atomic mass is 9.70. The van der Waals surface area contributed by atoms with Crippen LogP contribution in [-0.2, 0) is 0 Å². The fraction of sp³-hybridized carbons (Fsp3) is 0.444. The molecule has 0 saturated heterocycles. The molecular formula is C9H12BNO2. The van der Waals surface area contributed by atoms with Gasteiger partial charge in [-0.2, -0.15) is 0 Å². The van der Waals surface area contributed by atoms with E-state index in [0.29, 0.717) is 11.4 Å². The lowest BCUT2D eigenvalue weighted by Gasteiger charge is -2.27. The highest BCUT2D eigenvalue weighted by atomic mass is 16.4. The molecule has 0 unspecified atom stereocenters. The van der Waals surface area contributed by atoms with Gasteiger partial charge in [-0.25, -0.2) is 0 Å². The Hall–Kier alpha value is -0.865. The minimum atomic E-state index is -1.36. The van der Waals surface area contributed by atoms with Crippen LogP contribution in [0.4, 0.5) is 0 Å². The maximum absolute atomic E-state index is 9.10. The smallest absolute Gasteiger partial charge is 0.423 e. The molecule has 1 aliphatic carbocycles. The Morgan fingerprint density at radius 3 is 2.69 bits per heavy atom. The predicted octanol–water partition coefficient (Wildman–Crippen LogP) is 0.0289. The second kappa shape index (κ2) is 3.48. The van der Waals surface area contributed by atoms with Crippen LogP contribution in [0.2, 0.25) is 0 Å². The predicted molar refractivity (Wildman–Crippen MR) is 50.7 cm³/mol. The van der Waals surface area contributed by atoms with Crippen molar-refractivity contribution in [3.8, 4) is 0 Å². The first-order chi connectivity index (χ1) is 6.29. The highest BCUT2D eigenvalue weighted by molar-refractivity contribution is 6.59. The van der Waals surface area contributed by atoms with Crippen LogP contribution in [-0.4, -0.2) is 22.2 Å². The molecule has 3 nitrogen and oxygen atoms in total. The third kappa shape index (κ3) is 1.60. The first-order valence-corrected chi connectivity index (χ1v) is 4.59. The summed E-state index contributed by atoms with van der Waals surface area (Å²) in [6.07, 6.45) is 6.87. The van der Waals surface area contributed by atoms with E-state index in [9.17, 15) is 0 Å². The Balaban J connectivity index is 2.31. The average molecular weight is 177 g/mol. The molecule has 1 heterocycles. The van der Waals surface area contributed by atoms with Gasteiger partial charge in [0.05, 0.1) is 0 Å². The van der Waals surface area contributed by atoms with Crippen molar-refractivity contribution in [2.45, 2.75) is 25.2 Å². The normalized spacial score (nSPS) is 16.8. The Kier molecular flexibility index (Phi) is 2.33. The fourth-order valence-electron chi connectivity index (χ4n) is 1.71. The maximum Gasteiger partial charge on any atom is 0.488 e. The highest BCUT2D eigenvalue weighted by Gasteiger charge is 2.25. The lowest BCUT2D eigenvalue weighted by Crippen LogP contribution is -2.35. The van der Waals surface area contributed by atoms with Gasteiger partial charge in [0.1, 0.15) is 0 Å². The molecule has 68 valence electrons. The summed E-state index contributed by atoms with van der Waals surface area (Å²) in [5.41, 5.74) is 1.61. The van der Waals surface area contributed by atoms with Gasteiger partial charge in [-0.1, -0.05) is 6.42 Å². The molecule has 1 aromatic heterocycles. The van der Waals surface area contributed by atoms with Gasteiger partial charge in [0, 0.05) is 12.4 Å². The van der Waals surface area contributed by atoms with E-state index in [0.717, 1.165) is 18.4 Å². The molecule has 1 saturated carbocycles. The number of pyridine rings is 1. The molecule has 0 bridgehead atoms. The molecular weight excluding hydrogens is 165 g/mol. The Bertz CT molecular complexity index is 299. The number of rotatable bonds is 2. The molecule has 1 aliphatic rings. The summed E-state index contributed by atoms with van der Waals surface area (Å²) >= 11 is 0. The van der Waals surface area contributed by atoms with Crippen molar-refractivity contribution in [3.05, 3.63) is 24.0 Å². The van der Waals surface area contributed by atoms with Gasteiger partial charge in [0.2, 0.25) is 0 Å². The molecule has 0 spiro atoms. The van der Waals surface area contributed by atoms with Gasteiger partial charge in [-0.3, -0.25) is 4.98 Å². The number of hydrogen-bond donors (Lipinski definition) is 2. The number of aromatic nitrogens is 1. The van der Waals surface area contributed by atoms with E-state index >= 15 is 0 Å². The third-order valence-electron chi connectivity index (χ3n) is 2.71. The number of nitrogens with zero attached hydrogens (tertiary/aromatic N) is 1. The van der Waals surface area contributed by atoms with E-state index in [1.807, 2.05) is 0 Å². The van der Waals surface area contributed by atoms with E-state index in [2.05, 4.69) is 4.98 Å². The van der Waals surface area contributed by atoms with Crippen LogP contribution in [0.1, 0.15) is 30.7 Å². The van der Waals surface area contributed by atoms with Crippen molar-refractivity contribution in [1.82, 2.24) is 4.98 Å². The van der Waals surface area contributed by atoms with Crippen LogP contribution in [0.3, 0.4) is 0 Å². The van der Waals surface area contributed by atoms with E-state index in [-0.39, 0.29) is 0 Å². The van der Waals surface area contributed by atoms with Crippen molar-refractivity contribution in [2.24, 2.45) is 0 Å². The van der Waals surface area contributed by atoms with E-state index in [4.69, 9.17) is 10.0 Å². The first-order valence-electron chi connectivity index (χ1n) is 4.59. The SMILES string of the molecule is OB(O)c1ccncc1C1CCC1. The molecule has 1 aromatic rings. The molecule has 4 heteroatoms. The monoisotopic (exact) mass is 177 g/mol. The second-order valence-electron chi connectivity index (χ2n) is 3.51. The Morgan fingerprint density at radius 2 is 2.15 bits per heavy atom. The molecule has 13 heavy (non-hydrogen) atoms. The van der Waals surface area contributed by atoms with Crippen molar-refractivity contribution in [1.29, 1.82) is 0 Å². The molecule has 0 atom stereocenters. The van der Waals surface area contributed by atoms with E-state index < -0.39 is 7.12 Å². The topological polar surface area (TPSA) is 53.4 Å². The maximum atomic E-state index is 9.10. The van der Waals surface area contributed by atoms with Gasteiger partial charge >= 0.3 is 7.12 Å². The third-order valence-corrected chi connectivity index (χ3v) is 2.71. The van der Waals surface area contributed by atoms with Crippen molar-refractivity contribution >= 4 is 12.6 Å². The molecule has 0 aliphatic heterocycles. The van der Waals surface area contributed by atoms with Crippen molar-refractivity contribution < 1.29 is 10.0 Å². The standard InChI is InChI=1S/C9H12BNO2/c12-10(13)9-4-5-11-6-8(9)7-2-1-3-7/h4-7,12-13H,1-3H2. The summed E-state index contributed by atoms with van der Waals surface area (Å²) in [7, 11) is -1.36. The molecule has 1 fully saturated rings. The molecule has 0 amide bonds. The van der Waals surface area contributed by atoms with Crippen LogP contribution in [0, 0.1) is 0 Å². The summed E-state index contributed by atoms with van der Waals surface area (Å²) in [5, 5.41) is 18.2. The summed E-state index contributed by atoms with van der Waals surface area (Å²) in [6.45, 7) is 0. The highest BCUT2D eigenvalue weighted by Crippen LogP contribution is 2.34. The fourth-order valence-corrected chi connectivity index (χ4v) is 1.71. The second-order valence-corrected chi connectivity index (χ2v) is 3.51. The van der Waals surface area contributed by atoms with Gasteiger partial charge in [-0.05, 0) is 35.9 Å². The largest absolute Gasteiger partial charge is 0.488 e. The van der Waals surface area contributed by atoms with Crippen LogP contribution in [0.25, 0.3) is 0 Å². The van der Waals surface area contributed by atoms with Crippen LogP contribution in [0.5, 0.6) is 0 Å². The molecule has 2 rings (SSSR count). The molecule has 2 N–H and O–H groups in total. The Labute approximate surface area is 77.6 Å². The minimum absolute atomic E-state index is 0.491. The van der Waals surface area contributed by atoms with E-state index in [1.165, 1.54) is 6.42 Å². The quantitative estimate of drug-likeness (QED) is 0.626. The van der Waals surface area contributed by atoms with Gasteiger partial charge < -0.3 is 10.0 Å². The first kappa shape index (κ1) is 8.72. The number of hydrogen-bond acceptors (Lipinski definition) is 3. The van der Waals surface area contributed by atoms with Crippen molar-refractivity contribution in [3.63, 3.8) is 0 Å². The van der Waals surface area contributed by atoms with Gasteiger partial charge in [-0.15, -0.1) is 0 Å². The van der Waals surface area contributed by atoms with Gasteiger partial charge in [0.25, 0.3) is 0 Å². The minimum Gasteiger partial charge on any atom is -0.423 e. The average Bonchev–Trinajstić information content (AvgIpc) is 2.02. The molecule has 0 radical (unpaired) electrons. The summed E-state index contributed by atoms with van der Waals surface area (Å²) < 4.78 is 0. The van der Waals surface area contributed by atoms with Crippen molar-refractivity contribution in [2.75, 3.05) is 0 Å². The summed E-state index contributed by atoms with van der Waals surface area (Å²) in [4.78, 5) is 4.01. The molecule has 0 aromatic carbocycles. The van der Waals surface area contributed by atoms with Crippen LogP contribution < -0.4 is 5.46 Å². The van der Waals surface area contributed by atoms with Crippen LogP contribution in [0.15, 0.2) is 18.5 Å². The summed E-state index contributed by atoms with van der Waals surface area (Å²) in [6, 6.07) is 1.68. The lowest BCUT2D eigenvalue weighted by molar-refractivity contribution is 0.409.